The van der Waals surface area contributed by atoms with Crippen molar-refractivity contribution in [3.05, 3.63) is 26.7 Å². The molecule has 0 saturated heterocycles. The SMILES string of the molecule is CC(C)Cc1nc2[nH]c(=O)[nH]c(=O)c2[nH]1. The van der Waals surface area contributed by atoms with Crippen LogP contribution in [0.5, 0.6) is 0 Å². The molecule has 6 heteroatoms. The molecule has 0 aromatic carbocycles. The van der Waals surface area contributed by atoms with Gasteiger partial charge in [-0.25, -0.2) is 9.78 Å². The van der Waals surface area contributed by atoms with Gasteiger partial charge in [0.15, 0.2) is 5.65 Å². The molecular weight excluding hydrogens is 196 g/mol. The van der Waals surface area contributed by atoms with Crippen LogP contribution in [-0.4, -0.2) is 19.9 Å². The normalized spacial score (nSPS) is 11.4. The molecule has 2 heterocycles. The second-order valence-electron chi connectivity index (χ2n) is 3.91. The molecule has 6 nitrogen and oxygen atoms in total. The molecule has 0 aliphatic carbocycles. The van der Waals surface area contributed by atoms with Gasteiger partial charge in [-0.3, -0.25) is 14.8 Å². The lowest BCUT2D eigenvalue weighted by Crippen LogP contribution is -2.21. The predicted molar refractivity (Wildman–Crippen MR) is 55.9 cm³/mol. The summed E-state index contributed by atoms with van der Waals surface area (Å²) in [6.07, 6.45) is 0.746. The van der Waals surface area contributed by atoms with Gasteiger partial charge in [-0.15, -0.1) is 0 Å². The molecule has 0 spiro atoms. The van der Waals surface area contributed by atoms with E-state index < -0.39 is 11.2 Å². The van der Waals surface area contributed by atoms with E-state index in [1.165, 1.54) is 0 Å². The molecule has 0 atom stereocenters. The van der Waals surface area contributed by atoms with Gasteiger partial charge in [0.1, 0.15) is 11.3 Å². The van der Waals surface area contributed by atoms with Gasteiger partial charge in [0.2, 0.25) is 0 Å². The number of aromatic amines is 3. The smallest absolute Gasteiger partial charge is 0.327 e. The highest BCUT2D eigenvalue weighted by atomic mass is 16.2. The van der Waals surface area contributed by atoms with Gasteiger partial charge in [-0.05, 0) is 5.92 Å². The van der Waals surface area contributed by atoms with E-state index in [-0.39, 0.29) is 0 Å². The zero-order valence-electron chi connectivity index (χ0n) is 8.55. The van der Waals surface area contributed by atoms with Crippen LogP contribution in [0.3, 0.4) is 0 Å². The third kappa shape index (κ3) is 1.83. The summed E-state index contributed by atoms with van der Waals surface area (Å²) in [5.74, 6) is 1.16. The fourth-order valence-electron chi connectivity index (χ4n) is 1.46. The van der Waals surface area contributed by atoms with Crippen LogP contribution in [0.4, 0.5) is 0 Å². The highest BCUT2D eigenvalue weighted by molar-refractivity contribution is 5.68. The molecule has 2 rings (SSSR count). The lowest BCUT2D eigenvalue weighted by molar-refractivity contribution is 0.627. The lowest BCUT2D eigenvalue weighted by Gasteiger charge is -1.98. The van der Waals surface area contributed by atoms with Crippen LogP contribution >= 0.6 is 0 Å². The Labute approximate surface area is 84.8 Å². The number of rotatable bonds is 2. The standard InChI is InChI=1S/C9H12N4O2/c1-4(2)3-5-10-6-7(11-5)12-9(15)13-8(6)14/h4H,3H2,1-2H3,(H3,10,11,12,13,14,15). The molecule has 0 radical (unpaired) electrons. The number of H-pyrrole nitrogens is 3. The zero-order chi connectivity index (χ0) is 11.0. The molecule has 80 valence electrons. The van der Waals surface area contributed by atoms with E-state index in [1.54, 1.807) is 0 Å². The first-order chi connectivity index (χ1) is 7.06. The highest BCUT2D eigenvalue weighted by Gasteiger charge is 2.08. The van der Waals surface area contributed by atoms with Gasteiger partial charge in [0, 0.05) is 6.42 Å². The van der Waals surface area contributed by atoms with Gasteiger partial charge in [-0.1, -0.05) is 13.8 Å². The Morgan fingerprint density at radius 1 is 1.20 bits per heavy atom. The Morgan fingerprint density at radius 3 is 2.60 bits per heavy atom. The predicted octanol–water partition coefficient (Wildman–Crippen LogP) is 0.138. The van der Waals surface area contributed by atoms with Gasteiger partial charge in [0.25, 0.3) is 5.56 Å². The monoisotopic (exact) mass is 208 g/mol. The van der Waals surface area contributed by atoms with Crippen molar-refractivity contribution in [2.75, 3.05) is 0 Å². The van der Waals surface area contributed by atoms with Crippen LogP contribution in [0.25, 0.3) is 11.2 Å². The number of fused-ring (bicyclic) bond motifs is 1. The minimum atomic E-state index is -0.532. The quantitative estimate of drug-likeness (QED) is 0.655. The summed E-state index contributed by atoms with van der Waals surface area (Å²) in [5, 5.41) is 0. The second kappa shape index (κ2) is 3.38. The first kappa shape index (κ1) is 9.70. The van der Waals surface area contributed by atoms with Crippen LogP contribution in [0.15, 0.2) is 9.59 Å². The maximum absolute atomic E-state index is 11.4. The van der Waals surface area contributed by atoms with Crippen molar-refractivity contribution in [2.24, 2.45) is 5.92 Å². The van der Waals surface area contributed by atoms with Crippen molar-refractivity contribution in [1.82, 2.24) is 19.9 Å². The van der Waals surface area contributed by atoms with Crippen molar-refractivity contribution in [2.45, 2.75) is 20.3 Å². The van der Waals surface area contributed by atoms with Crippen LogP contribution < -0.4 is 11.2 Å². The van der Waals surface area contributed by atoms with Crippen LogP contribution in [-0.2, 0) is 6.42 Å². The van der Waals surface area contributed by atoms with Gasteiger partial charge in [-0.2, -0.15) is 0 Å². The third-order valence-electron chi connectivity index (χ3n) is 2.04. The van der Waals surface area contributed by atoms with Crippen LogP contribution in [0.2, 0.25) is 0 Å². The molecule has 0 bridgehead atoms. The average Bonchev–Trinajstić information content (AvgIpc) is 2.45. The van der Waals surface area contributed by atoms with Crippen molar-refractivity contribution >= 4 is 11.2 Å². The van der Waals surface area contributed by atoms with Gasteiger partial charge >= 0.3 is 5.69 Å². The Kier molecular flexibility index (Phi) is 2.18. The minimum Gasteiger partial charge on any atom is -0.336 e. The van der Waals surface area contributed by atoms with Crippen molar-refractivity contribution in [3.63, 3.8) is 0 Å². The number of aromatic nitrogens is 4. The van der Waals surface area contributed by atoms with E-state index in [4.69, 9.17) is 0 Å². The largest absolute Gasteiger partial charge is 0.336 e. The van der Waals surface area contributed by atoms with Crippen molar-refractivity contribution in [1.29, 1.82) is 0 Å². The topological polar surface area (TPSA) is 94.4 Å². The fourth-order valence-corrected chi connectivity index (χ4v) is 1.46. The van der Waals surface area contributed by atoms with Crippen LogP contribution in [0.1, 0.15) is 19.7 Å². The summed E-state index contributed by atoms with van der Waals surface area (Å²) < 4.78 is 0. The maximum Gasteiger partial charge on any atom is 0.327 e. The molecule has 0 aliphatic heterocycles. The number of hydrogen-bond donors (Lipinski definition) is 3. The summed E-state index contributed by atoms with van der Waals surface area (Å²) in [4.78, 5) is 34.0. The number of imidazole rings is 1. The molecule has 0 saturated carbocycles. The molecular formula is C9H12N4O2. The first-order valence-electron chi connectivity index (χ1n) is 4.77. The Balaban J connectivity index is 2.60. The molecule has 15 heavy (non-hydrogen) atoms. The molecule has 2 aromatic heterocycles. The average molecular weight is 208 g/mol. The molecule has 2 aromatic rings. The molecule has 0 aliphatic rings. The van der Waals surface area contributed by atoms with Crippen LogP contribution in [0, 0.1) is 5.92 Å². The van der Waals surface area contributed by atoms with Crippen molar-refractivity contribution in [3.8, 4) is 0 Å². The van der Waals surface area contributed by atoms with E-state index in [2.05, 4.69) is 33.8 Å². The number of nitrogens with zero attached hydrogens (tertiary/aromatic N) is 1. The van der Waals surface area contributed by atoms with E-state index in [0.29, 0.717) is 22.9 Å². The molecule has 3 N–H and O–H groups in total. The number of nitrogens with one attached hydrogen (secondary N) is 3. The van der Waals surface area contributed by atoms with Gasteiger partial charge in [0.05, 0.1) is 0 Å². The van der Waals surface area contributed by atoms with E-state index in [1.807, 2.05) is 0 Å². The maximum atomic E-state index is 11.4. The summed E-state index contributed by atoms with van der Waals surface area (Å²) in [5.41, 5.74) is -0.323. The second-order valence-corrected chi connectivity index (χ2v) is 3.91. The van der Waals surface area contributed by atoms with E-state index >= 15 is 0 Å². The molecule has 0 unspecified atom stereocenters. The summed E-state index contributed by atoms with van der Waals surface area (Å²) in [6.45, 7) is 4.11. The zero-order valence-corrected chi connectivity index (χ0v) is 8.55. The summed E-state index contributed by atoms with van der Waals surface area (Å²) in [6, 6.07) is 0. The lowest BCUT2D eigenvalue weighted by atomic mass is 10.1. The number of hydrogen-bond acceptors (Lipinski definition) is 3. The molecule has 0 fully saturated rings. The Bertz CT molecular complexity index is 590. The summed E-state index contributed by atoms with van der Waals surface area (Å²) in [7, 11) is 0. The highest BCUT2D eigenvalue weighted by Crippen LogP contribution is 2.06. The van der Waals surface area contributed by atoms with Gasteiger partial charge < -0.3 is 4.98 Å². The summed E-state index contributed by atoms with van der Waals surface area (Å²) >= 11 is 0. The Morgan fingerprint density at radius 2 is 1.93 bits per heavy atom. The molecule has 0 amide bonds. The third-order valence-corrected chi connectivity index (χ3v) is 2.04. The minimum absolute atomic E-state index is 0.319. The van der Waals surface area contributed by atoms with E-state index in [0.717, 1.165) is 6.42 Å². The first-order valence-corrected chi connectivity index (χ1v) is 4.77. The fraction of sp³-hybridized carbons (Fsp3) is 0.444. The van der Waals surface area contributed by atoms with Crippen molar-refractivity contribution < 1.29 is 0 Å². The van der Waals surface area contributed by atoms with E-state index in [9.17, 15) is 9.59 Å². The Hall–Kier alpha value is -1.85.